The van der Waals surface area contributed by atoms with Gasteiger partial charge in [0.1, 0.15) is 6.61 Å². The summed E-state index contributed by atoms with van der Waals surface area (Å²) in [5.74, 6) is -0.856. The van der Waals surface area contributed by atoms with Crippen LogP contribution in [0.25, 0.3) is 0 Å². The van der Waals surface area contributed by atoms with Crippen LogP contribution in [0.3, 0.4) is 0 Å². The van der Waals surface area contributed by atoms with Gasteiger partial charge in [0, 0.05) is 12.8 Å². The van der Waals surface area contributed by atoms with E-state index in [1.165, 1.54) is 270 Å². The first-order chi connectivity index (χ1) is 32.3. The molecule has 0 fully saturated rings. The van der Waals surface area contributed by atoms with Gasteiger partial charge in [-0.05, 0) is 12.8 Å². The third kappa shape index (κ3) is 55.6. The highest BCUT2D eigenvalue weighted by Crippen LogP contribution is 2.36. The lowest BCUT2D eigenvalue weighted by molar-refractivity contribution is -0.161. The number of hydrogen-bond donors (Lipinski definition) is 2. The Morgan fingerprint density at radius 2 is 0.545 bits per heavy atom. The van der Waals surface area contributed by atoms with Crippen LogP contribution < -0.4 is 0 Å². The maximum Gasteiger partial charge on any atom is 0.469 e. The highest BCUT2D eigenvalue weighted by atomic mass is 31.2. The molecule has 0 bridgehead atoms. The monoisotopic (exact) mass is 957 g/mol. The summed E-state index contributed by atoms with van der Waals surface area (Å²) in [6.07, 6.45) is 62.9. The van der Waals surface area contributed by atoms with Gasteiger partial charge in [-0.1, -0.05) is 309 Å². The van der Waals surface area contributed by atoms with E-state index in [4.69, 9.17) is 19.3 Å². The van der Waals surface area contributed by atoms with Crippen molar-refractivity contribution in [2.24, 2.45) is 0 Å². The third-order valence-corrected chi connectivity index (χ3v) is 14.1. The first-order valence-electron chi connectivity index (χ1n) is 29.3. The molecule has 0 aliphatic carbocycles. The second-order valence-corrected chi connectivity index (χ2v) is 21.6. The van der Waals surface area contributed by atoms with Gasteiger partial charge in [0.25, 0.3) is 0 Å². The number of carbonyl (C=O) groups excluding carboxylic acids is 2. The lowest BCUT2D eigenvalue weighted by atomic mass is 10.0. The quantitative estimate of drug-likeness (QED) is 0.0351. The van der Waals surface area contributed by atoms with Crippen molar-refractivity contribution in [2.45, 2.75) is 341 Å². The summed E-state index contributed by atoms with van der Waals surface area (Å²) in [6, 6.07) is 0. The SMILES string of the molecule is CCCCCCCCCCCCCCCCCCCCCCCCCCC(=O)OC[C@H](COP(=O)(O)O)OC(=O)CCCCCCCCCCCCCCCCCCCCCCCCCC. The fraction of sp³-hybridized carbons (Fsp3) is 0.965. The molecule has 9 heteroatoms. The Hall–Kier alpha value is -0.950. The van der Waals surface area contributed by atoms with E-state index in [1.54, 1.807) is 0 Å². The van der Waals surface area contributed by atoms with E-state index in [1.807, 2.05) is 0 Å². The van der Waals surface area contributed by atoms with E-state index in [-0.39, 0.29) is 19.4 Å². The highest BCUT2D eigenvalue weighted by Gasteiger charge is 2.23. The summed E-state index contributed by atoms with van der Waals surface area (Å²) in [6.45, 7) is 3.77. The van der Waals surface area contributed by atoms with E-state index in [2.05, 4.69) is 18.4 Å². The van der Waals surface area contributed by atoms with Crippen LogP contribution in [0, 0.1) is 0 Å². The van der Waals surface area contributed by atoms with E-state index < -0.39 is 32.5 Å². The summed E-state index contributed by atoms with van der Waals surface area (Å²) in [5.41, 5.74) is 0. The molecule has 0 aliphatic heterocycles. The van der Waals surface area contributed by atoms with Crippen molar-refractivity contribution in [3.05, 3.63) is 0 Å². The molecule has 0 unspecified atom stereocenters. The van der Waals surface area contributed by atoms with Crippen LogP contribution >= 0.6 is 7.82 Å². The minimum Gasteiger partial charge on any atom is -0.462 e. The van der Waals surface area contributed by atoms with E-state index in [9.17, 15) is 14.2 Å². The zero-order valence-corrected chi connectivity index (χ0v) is 45.0. The summed E-state index contributed by atoms with van der Waals surface area (Å²) < 4.78 is 26.6. The topological polar surface area (TPSA) is 119 Å². The van der Waals surface area contributed by atoms with Gasteiger partial charge in [-0.2, -0.15) is 0 Å². The molecular formula is C57H113O8P. The van der Waals surface area contributed by atoms with Crippen LogP contribution in [0.15, 0.2) is 0 Å². The smallest absolute Gasteiger partial charge is 0.462 e. The molecule has 0 rings (SSSR count). The van der Waals surface area contributed by atoms with E-state index in [0.717, 1.165) is 32.1 Å². The van der Waals surface area contributed by atoms with Crippen LogP contribution in [-0.4, -0.2) is 41.0 Å². The van der Waals surface area contributed by atoms with Crippen molar-refractivity contribution < 1.29 is 37.9 Å². The fourth-order valence-corrected chi connectivity index (χ4v) is 9.62. The Balaban J connectivity index is 3.69. The minimum absolute atomic E-state index is 0.221. The lowest BCUT2D eigenvalue weighted by Crippen LogP contribution is -2.29. The largest absolute Gasteiger partial charge is 0.469 e. The predicted octanol–water partition coefficient (Wildman–Crippen LogP) is 19.1. The lowest BCUT2D eigenvalue weighted by Gasteiger charge is -2.18. The maximum atomic E-state index is 12.5. The number of phosphoric ester groups is 1. The van der Waals surface area contributed by atoms with Gasteiger partial charge < -0.3 is 19.3 Å². The van der Waals surface area contributed by atoms with Gasteiger partial charge >= 0.3 is 19.8 Å². The van der Waals surface area contributed by atoms with Crippen molar-refractivity contribution in [3.63, 3.8) is 0 Å². The summed E-state index contributed by atoms with van der Waals surface area (Å²) >= 11 is 0. The molecular weight excluding hydrogens is 844 g/mol. The molecule has 1 atom stereocenters. The number of phosphoric acid groups is 1. The molecule has 0 saturated heterocycles. The Morgan fingerprint density at radius 1 is 0.333 bits per heavy atom. The molecule has 8 nitrogen and oxygen atoms in total. The van der Waals surface area contributed by atoms with Crippen molar-refractivity contribution in [2.75, 3.05) is 13.2 Å². The molecule has 0 aromatic carbocycles. The maximum absolute atomic E-state index is 12.5. The number of carbonyl (C=O) groups is 2. The molecule has 66 heavy (non-hydrogen) atoms. The molecule has 0 aromatic heterocycles. The van der Waals surface area contributed by atoms with Crippen LogP contribution in [0.5, 0.6) is 0 Å². The Labute approximate surface area is 410 Å². The van der Waals surface area contributed by atoms with Gasteiger partial charge in [-0.15, -0.1) is 0 Å². The van der Waals surface area contributed by atoms with Crippen LogP contribution in [-0.2, 0) is 28.2 Å². The average Bonchev–Trinajstić information content (AvgIpc) is 3.29. The van der Waals surface area contributed by atoms with Crippen LogP contribution in [0.4, 0.5) is 0 Å². The first kappa shape index (κ1) is 65.0. The van der Waals surface area contributed by atoms with E-state index in [0.29, 0.717) is 6.42 Å². The van der Waals surface area contributed by atoms with Crippen molar-refractivity contribution in [1.82, 2.24) is 0 Å². The Bertz CT molecular complexity index is 1030. The highest BCUT2D eigenvalue weighted by molar-refractivity contribution is 7.46. The molecule has 0 radical (unpaired) electrons. The third-order valence-electron chi connectivity index (χ3n) is 13.6. The van der Waals surface area contributed by atoms with E-state index >= 15 is 0 Å². The van der Waals surface area contributed by atoms with Crippen molar-refractivity contribution in [1.29, 1.82) is 0 Å². The zero-order valence-electron chi connectivity index (χ0n) is 44.1. The van der Waals surface area contributed by atoms with Gasteiger partial charge in [-0.25, -0.2) is 4.57 Å². The number of rotatable bonds is 56. The predicted molar refractivity (Wildman–Crippen MR) is 281 cm³/mol. The molecule has 0 amide bonds. The number of esters is 2. The fourth-order valence-electron chi connectivity index (χ4n) is 9.26. The molecule has 0 saturated carbocycles. The molecule has 0 aromatic rings. The average molecular weight is 957 g/mol. The Kier molecular flexibility index (Phi) is 52.6. The molecule has 2 N–H and O–H groups in total. The molecule has 0 spiro atoms. The second kappa shape index (κ2) is 53.4. The normalized spacial score (nSPS) is 12.2. The molecule has 0 aliphatic rings. The summed E-state index contributed by atoms with van der Waals surface area (Å²) in [4.78, 5) is 43.3. The number of unbranched alkanes of at least 4 members (excludes halogenated alkanes) is 46. The van der Waals surface area contributed by atoms with Crippen molar-refractivity contribution in [3.8, 4) is 0 Å². The summed E-state index contributed by atoms with van der Waals surface area (Å²) in [7, 11) is -4.76. The molecule has 0 heterocycles. The van der Waals surface area contributed by atoms with Gasteiger partial charge in [0.05, 0.1) is 6.61 Å². The second-order valence-electron chi connectivity index (χ2n) is 20.3. The van der Waals surface area contributed by atoms with Crippen LogP contribution in [0.1, 0.15) is 335 Å². The van der Waals surface area contributed by atoms with Crippen LogP contribution in [0.2, 0.25) is 0 Å². The Morgan fingerprint density at radius 3 is 0.773 bits per heavy atom. The van der Waals surface area contributed by atoms with Gasteiger partial charge in [0.2, 0.25) is 0 Å². The summed E-state index contributed by atoms with van der Waals surface area (Å²) in [5, 5.41) is 0. The van der Waals surface area contributed by atoms with Gasteiger partial charge in [0.15, 0.2) is 6.10 Å². The standard InChI is InChI=1S/C57H113O8P/c1-3-5-7-9-11-13-15-17-19-21-23-25-27-29-31-33-35-37-39-41-43-45-47-49-51-56(58)63-53-55(54-64-66(60,61)62)65-57(59)52-50-48-46-44-42-40-38-36-34-32-30-28-26-24-22-20-18-16-14-12-10-8-6-4-2/h55H,3-54H2,1-2H3,(H2,60,61,62)/t55-/m1/s1. The number of hydrogen-bond acceptors (Lipinski definition) is 6. The molecule has 394 valence electrons. The number of ether oxygens (including phenoxy) is 2. The van der Waals surface area contributed by atoms with Gasteiger partial charge in [-0.3, -0.25) is 14.1 Å². The zero-order chi connectivity index (χ0) is 48.1. The minimum atomic E-state index is -4.76. The van der Waals surface area contributed by atoms with Crippen molar-refractivity contribution >= 4 is 19.8 Å². The first-order valence-corrected chi connectivity index (χ1v) is 30.9.